The average molecular weight is 793 g/mol. The van der Waals surface area contributed by atoms with Crippen molar-refractivity contribution in [3.63, 3.8) is 0 Å². The number of methoxy groups -OCH3 is 1. The van der Waals surface area contributed by atoms with E-state index >= 15 is 0 Å². The first-order chi connectivity index (χ1) is 28.8. The van der Waals surface area contributed by atoms with Crippen LogP contribution < -0.4 is 21.1 Å². The van der Waals surface area contributed by atoms with Gasteiger partial charge in [-0.1, -0.05) is 91.7 Å². The van der Waals surface area contributed by atoms with Gasteiger partial charge in [-0.2, -0.15) is 0 Å². The fourth-order valence-electron chi connectivity index (χ4n) is 9.46. The van der Waals surface area contributed by atoms with Crippen LogP contribution >= 0.6 is 0 Å². The van der Waals surface area contributed by atoms with Gasteiger partial charge < -0.3 is 26.2 Å². The molecule has 0 bridgehead atoms. The second-order valence-corrected chi connectivity index (χ2v) is 16.6. The number of nitrogen functional groups attached to an aromatic ring is 1. The van der Waals surface area contributed by atoms with Crippen LogP contribution in [-0.2, 0) is 41.7 Å². The summed E-state index contributed by atoms with van der Waals surface area (Å²) < 4.78 is 5.43. The van der Waals surface area contributed by atoms with E-state index in [-0.39, 0.29) is 23.7 Å². The number of Topliss-reactive ketones (excluding diaryl/α,β-unsaturated/α-hetero) is 1. The molecule has 308 valence electrons. The number of pyridine rings is 1. The Balaban J connectivity index is 0.927. The monoisotopic (exact) mass is 792 g/mol. The zero-order chi connectivity index (χ0) is 41.0. The van der Waals surface area contributed by atoms with Gasteiger partial charge in [-0.05, 0) is 144 Å². The number of piperidine rings is 1. The summed E-state index contributed by atoms with van der Waals surface area (Å²) in [5.74, 6) is 2.46. The Morgan fingerprint density at radius 1 is 0.915 bits per heavy atom. The number of anilines is 1. The van der Waals surface area contributed by atoms with Gasteiger partial charge in [0.25, 0.3) is 0 Å². The van der Waals surface area contributed by atoms with Crippen LogP contribution in [-0.4, -0.2) is 54.4 Å². The second kappa shape index (κ2) is 20.6. The molecule has 1 fully saturated rings. The number of benzene rings is 3. The van der Waals surface area contributed by atoms with Gasteiger partial charge in [-0.25, -0.2) is 4.98 Å². The Morgan fingerprint density at radius 3 is 2.54 bits per heavy atom. The van der Waals surface area contributed by atoms with E-state index in [4.69, 9.17) is 10.5 Å². The number of ketones is 2. The Labute approximate surface area is 350 Å². The largest absolute Gasteiger partial charge is 0.504 e. The summed E-state index contributed by atoms with van der Waals surface area (Å²) in [4.78, 5) is 30.4. The molecule has 0 spiro atoms. The van der Waals surface area contributed by atoms with Crippen molar-refractivity contribution in [2.75, 3.05) is 32.5 Å². The smallest absolute Gasteiger partial charge is 0.163 e. The fraction of sp³-hybridized carbons (Fsp3) is 0.392. The van der Waals surface area contributed by atoms with Crippen molar-refractivity contribution in [3.8, 4) is 11.5 Å². The molecule has 59 heavy (non-hydrogen) atoms. The second-order valence-electron chi connectivity index (χ2n) is 16.6. The van der Waals surface area contributed by atoms with Gasteiger partial charge in [0.2, 0.25) is 0 Å². The number of hydrogen-bond acceptors (Lipinski definition) is 8. The Kier molecular flexibility index (Phi) is 14.6. The number of carbonyl (C=O) groups is 2. The Bertz CT molecular complexity index is 2160. The number of carbonyl (C=O) groups excluding carboxylic acids is 2. The van der Waals surface area contributed by atoms with E-state index in [1.807, 2.05) is 12.1 Å². The lowest BCUT2D eigenvalue weighted by Crippen LogP contribution is -2.51. The summed E-state index contributed by atoms with van der Waals surface area (Å²) in [6.45, 7) is 3.09. The highest BCUT2D eigenvalue weighted by atomic mass is 16.5. The van der Waals surface area contributed by atoms with E-state index < -0.39 is 0 Å². The van der Waals surface area contributed by atoms with Crippen molar-refractivity contribution < 1.29 is 19.4 Å². The number of hydrogen-bond donors (Lipinski definition) is 4. The van der Waals surface area contributed by atoms with Gasteiger partial charge in [0.1, 0.15) is 11.6 Å². The normalized spacial score (nSPS) is 19.8. The molecule has 3 heterocycles. The molecule has 4 unspecified atom stereocenters. The summed E-state index contributed by atoms with van der Waals surface area (Å²) in [7, 11) is 1.50. The number of aryl methyl sites for hydroxylation is 4. The first-order valence-corrected chi connectivity index (χ1v) is 21.6. The highest BCUT2D eigenvalue weighted by Crippen LogP contribution is 2.41. The molecular formula is C51H60N4O4. The molecular weight excluding hydrogens is 733 g/mol. The minimum absolute atomic E-state index is 0.0150. The zero-order valence-electron chi connectivity index (χ0n) is 34.5. The van der Waals surface area contributed by atoms with Crippen LogP contribution in [0.4, 0.5) is 5.82 Å². The van der Waals surface area contributed by atoms with Crippen LogP contribution in [0.3, 0.4) is 0 Å². The van der Waals surface area contributed by atoms with Gasteiger partial charge in [0.15, 0.2) is 17.3 Å². The summed E-state index contributed by atoms with van der Waals surface area (Å²) in [5.41, 5.74) is 15.2. The third-order valence-corrected chi connectivity index (χ3v) is 12.6. The molecule has 2 aliphatic heterocycles. The van der Waals surface area contributed by atoms with Crippen molar-refractivity contribution in [1.29, 1.82) is 0 Å². The standard InChI is InChI=1S/C51H60N4O4/c1-59-49-30-38(21-22-45(57)32-44(56)15-6-3-7-16-47-46-23-25-53-33-43(46)27-40-14-9-24-54-51(40)47)41(29-48(49)58)28-42-34-55-50(52)31-39(42)20-19-37-13-8-12-36(26-37)18-17-35-10-4-2-5-11-35/h2,4-5,8-14,21-22,26-27,29-31,34,43,46-47,51,53-54,58H,3,6-7,15-20,23-25,28,32-33H2,1H3,(H2,52,55). The maximum Gasteiger partial charge on any atom is 0.163 e. The lowest BCUT2D eigenvalue weighted by molar-refractivity contribution is -0.124. The van der Waals surface area contributed by atoms with Crippen molar-refractivity contribution in [3.05, 3.63) is 148 Å². The van der Waals surface area contributed by atoms with E-state index in [2.05, 4.69) is 82.4 Å². The van der Waals surface area contributed by atoms with Crippen molar-refractivity contribution in [2.24, 2.45) is 17.8 Å². The number of unbranched alkanes of at least 4 members (excludes halogenated alkanes) is 2. The molecule has 3 aromatic carbocycles. The van der Waals surface area contributed by atoms with E-state index in [0.717, 1.165) is 93.3 Å². The van der Waals surface area contributed by atoms with Crippen LogP contribution in [0.15, 0.2) is 109 Å². The first kappa shape index (κ1) is 41.8. The van der Waals surface area contributed by atoms with E-state index in [1.54, 1.807) is 24.4 Å². The Hall–Kier alpha value is -5.31. The van der Waals surface area contributed by atoms with Gasteiger partial charge in [0.05, 0.1) is 13.5 Å². The van der Waals surface area contributed by atoms with E-state index in [0.29, 0.717) is 48.2 Å². The number of nitrogens with two attached hydrogens (primary N) is 1. The number of fused-ring (bicyclic) bond motifs is 2. The predicted octanol–water partition coefficient (Wildman–Crippen LogP) is 8.34. The number of nitrogens with zero attached hydrogens (tertiary/aromatic N) is 1. The van der Waals surface area contributed by atoms with Crippen LogP contribution in [0.1, 0.15) is 83.9 Å². The number of allylic oxidation sites excluding steroid dienone is 1. The topological polar surface area (TPSA) is 127 Å². The summed E-state index contributed by atoms with van der Waals surface area (Å²) >= 11 is 0. The summed E-state index contributed by atoms with van der Waals surface area (Å²) in [6.07, 6.45) is 21.7. The number of rotatable bonds is 19. The van der Waals surface area contributed by atoms with Crippen LogP contribution in [0.5, 0.6) is 11.5 Å². The number of aromatic nitrogens is 1. The molecule has 4 atom stereocenters. The maximum atomic E-state index is 13.1. The molecule has 1 saturated heterocycles. The van der Waals surface area contributed by atoms with Gasteiger partial charge >= 0.3 is 0 Å². The third-order valence-electron chi connectivity index (χ3n) is 12.6. The van der Waals surface area contributed by atoms with Crippen molar-refractivity contribution in [1.82, 2.24) is 15.6 Å². The average Bonchev–Trinajstić information content (AvgIpc) is 3.25. The third kappa shape index (κ3) is 11.5. The van der Waals surface area contributed by atoms with Crippen LogP contribution in [0.2, 0.25) is 0 Å². The van der Waals surface area contributed by atoms with Gasteiger partial charge in [-0.3, -0.25) is 9.59 Å². The number of phenols is 1. The SMILES string of the molecule is COc1cc(C=CC(=O)CC(=O)CCCCCC2C3NCC=CC3=CC3CNCCC32)c(Cc2cnc(N)cc2CCc2cccc(CCc3ccccc3)c2)cc1O. The lowest BCUT2D eigenvalue weighted by Gasteiger charge is -2.46. The molecule has 0 saturated carbocycles. The van der Waals surface area contributed by atoms with Crippen molar-refractivity contribution >= 4 is 23.5 Å². The number of nitrogens with one attached hydrogen (secondary N) is 2. The highest BCUT2D eigenvalue weighted by molar-refractivity contribution is 6.06. The number of ether oxygens (including phenoxy) is 1. The fourth-order valence-corrected chi connectivity index (χ4v) is 9.46. The molecule has 3 aliphatic rings. The maximum absolute atomic E-state index is 13.1. The molecule has 4 aromatic rings. The summed E-state index contributed by atoms with van der Waals surface area (Å²) in [5, 5.41) is 18.1. The number of phenolic OH excluding ortho intramolecular Hbond substituents is 1. The minimum atomic E-state index is -0.233. The van der Waals surface area contributed by atoms with Gasteiger partial charge in [0, 0.05) is 31.7 Å². The van der Waals surface area contributed by atoms with Crippen LogP contribution in [0, 0.1) is 17.8 Å². The zero-order valence-corrected chi connectivity index (χ0v) is 34.5. The molecule has 0 radical (unpaired) electrons. The highest BCUT2D eigenvalue weighted by Gasteiger charge is 2.40. The van der Waals surface area contributed by atoms with E-state index in [1.165, 1.54) is 41.9 Å². The molecule has 8 nitrogen and oxygen atoms in total. The van der Waals surface area contributed by atoms with Crippen molar-refractivity contribution in [2.45, 2.75) is 83.1 Å². The molecule has 0 amide bonds. The summed E-state index contributed by atoms with van der Waals surface area (Å²) in [6, 6.07) is 25.1. The molecule has 7 rings (SSSR count). The molecule has 8 heteroatoms. The van der Waals surface area contributed by atoms with Crippen LogP contribution in [0.25, 0.3) is 6.08 Å². The Morgan fingerprint density at radius 2 is 1.71 bits per heavy atom. The minimum Gasteiger partial charge on any atom is -0.504 e. The first-order valence-electron chi connectivity index (χ1n) is 21.6. The lowest BCUT2D eigenvalue weighted by atomic mass is 9.65. The molecule has 5 N–H and O–H groups in total. The molecule has 1 aliphatic carbocycles. The quantitative estimate of drug-likeness (QED) is 0.0425. The number of aromatic hydroxyl groups is 1. The van der Waals surface area contributed by atoms with Gasteiger partial charge in [-0.15, -0.1) is 0 Å². The van der Waals surface area contributed by atoms with E-state index in [9.17, 15) is 14.7 Å². The predicted molar refractivity (Wildman–Crippen MR) is 238 cm³/mol. The molecule has 1 aromatic heterocycles.